The van der Waals surface area contributed by atoms with E-state index in [1.807, 2.05) is 0 Å². The van der Waals surface area contributed by atoms with Gasteiger partial charge in [0.1, 0.15) is 5.56 Å². The van der Waals surface area contributed by atoms with Crippen LogP contribution in [0.4, 0.5) is 5.69 Å². The Morgan fingerprint density at radius 2 is 1.93 bits per heavy atom. The summed E-state index contributed by atoms with van der Waals surface area (Å²) in [5, 5.41) is 11.1. The summed E-state index contributed by atoms with van der Waals surface area (Å²) in [4.78, 5) is 34.6. The highest BCUT2D eigenvalue weighted by atomic mass is 79.9. The third-order valence-corrected chi connectivity index (χ3v) is 3.39. The lowest BCUT2D eigenvalue weighted by molar-refractivity contribution is -0.683. The molecule has 0 atom stereocenters. The fourth-order valence-electron chi connectivity index (χ4n) is 2.22. The van der Waals surface area contributed by atoms with Gasteiger partial charge in [0.25, 0.3) is 0 Å². The predicted octanol–water partition coefficient (Wildman–Crippen LogP) is 1.70. The van der Waals surface area contributed by atoms with E-state index < -0.39 is 10.9 Å². The summed E-state index contributed by atoms with van der Waals surface area (Å²) in [6.07, 6.45) is 3.12. The number of carbonyl (C=O) groups excluding carboxylic acids is 2. The van der Waals surface area contributed by atoms with Crippen molar-refractivity contribution in [3.8, 4) is 5.75 Å². The zero-order chi connectivity index (χ0) is 18.4. The van der Waals surface area contributed by atoms with Gasteiger partial charge < -0.3 is 14.9 Å². The van der Waals surface area contributed by atoms with Gasteiger partial charge in [0.05, 0.1) is 18.6 Å². The molecule has 1 aromatic heterocycles. The van der Waals surface area contributed by atoms with Gasteiger partial charge in [-0.25, -0.2) is 4.79 Å². The van der Waals surface area contributed by atoms with Crippen molar-refractivity contribution in [3.05, 3.63) is 64.0 Å². The monoisotopic (exact) mass is 443 g/mol. The second-order valence-corrected chi connectivity index (χ2v) is 5.05. The van der Waals surface area contributed by atoms with Gasteiger partial charge in [0.15, 0.2) is 18.1 Å². The second kappa shape index (κ2) is 11.0. The van der Waals surface area contributed by atoms with Crippen LogP contribution in [0.3, 0.4) is 0 Å². The Labute approximate surface area is 165 Å². The molecule has 1 aromatic carbocycles. The lowest BCUT2D eigenvalue weighted by Gasteiger charge is -2.04. The number of nitro groups is 1. The minimum absolute atomic E-state index is 0. The average Bonchev–Trinajstić information content (AvgIpc) is 2.61. The largest absolute Gasteiger partial charge is 0.490 e. The van der Waals surface area contributed by atoms with Gasteiger partial charge in [-0.15, -0.1) is 17.0 Å². The van der Waals surface area contributed by atoms with Gasteiger partial charge in [-0.2, -0.15) is 4.57 Å². The Morgan fingerprint density at radius 1 is 1.22 bits per heavy atom. The Kier molecular flexibility index (Phi) is 9.83. The number of Topliss-reactive ketones (excluding diaryl/α,β-unsaturated/α-hetero) is 1. The van der Waals surface area contributed by atoms with Crippen LogP contribution in [0.1, 0.15) is 27.6 Å². The maximum Gasteiger partial charge on any atom is 0.344 e. The number of hydrogen-bond donors (Lipinski definition) is 0. The molecule has 0 fully saturated rings. The van der Waals surface area contributed by atoms with E-state index in [1.165, 1.54) is 36.1 Å². The van der Waals surface area contributed by atoms with Crippen LogP contribution in [0.15, 0.2) is 42.7 Å². The van der Waals surface area contributed by atoms with Crippen molar-refractivity contribution in [2.24, 2.45) is 0 Å². The zero-order valence-corrected chi connectivity index (χ0v) is 16.4. The molecule has 0 aliphatic carbocycles. The van der Waals surface area contributed by atoms with E-state index in [0.29, 0.717) is 5.56 Å². The van der Waals surface area contributed by atoms with Crippen molar-refractivity contribution >= 4 is 34.4 Å². The highest BCUT2D eigenvalue weighted by molar-refractivity contribution is 8.93. The Bertz CT molecular complexity index is 827. The third kappa shape index (κ3) is 6.12. The molecule has 9 nitrogen and oxygen atoms in total. The summed E-state index contributed by atoms with van der Waals surface area (Å²) < 4.78 is 11.3. The van der Waals surface area contributed by atoms with Crippen LogP contribution in [0, 0.1) is 10.1 Å². The number of hydrogen-bond acceptors (Lipinski definition) is 6. The molecule has 0 aliphatic heterocycles. The third-order valence-electron chi connectivity index (χ3n) is 3.39. The first-order valence-electron chi connectivity index (χ1n) is 7.48. The van der Waals surface area contributed by atoms with Crippen LogP contribution in [0.5, 0.6) is 5.75 Å². The number of ketones is 1. The minimum atomic E-state index is -0.607. The second-order valence-electron chi connectivity index (χ2n) is 5.05. The molecule has 0 spiro atoms. The number of methoxy groups -OCH3 is 1. The van der Waals surface area contributed by atoms with Crippen molar-refractivity contribution in [1.82, 2.24) is 0 Å². The van der Waals surface area contributed by atoms with E-state index in [2.05, 4.69) is 0 Å². The summed E-state index contributed by atoms with van der Waals surface area (Å²) in [5.41, 5.74) is 0.220. The van der Waals surface area contributed by atoms with E-state index in [1.54, 1.807) is 25.3 Å². The van der Waals surface area contributed by atoms with Gasteiger partial charge in [-0.3, -0.25) is 14.9 Å². The van der Waals surface area contributed by atoms with E-state index >= 15 is 0 Å². The van der Waals surface area contributed by atoms with Crippen molar-refractivity contribution in [2.45, 2.75) is 13.5 Å². The first-order valence-corrected chi connectivity index (χ1v) is 7.48. The van der Waals surface area contributed by atoms with Crippen LogP contribution in [-0.4, -0.2) is 35.9 Å². The maximum absolute atomic E-state index is 12.4. The molecule has 2 N–H and O–H groups in total. The number of halogens is 1. The quantitative estimate of drug-likeness (QED) is 0.210. The molecule has 0 saturated heterocycles. The summed E-state index contributed by atoms with van der Waals surface area (Å²) in [7, 11) is 1.32. The topological polar surface area (TPSA) is 131 Å². The van der Waals surface area contributed by atoms with Gasteiger partial charge in [-0.1, -0.05) is 0 Å². The Balaban J connectivity index is 0.00000338. The van der Waals surface area contributed by atoms with E-state index in [9.17, 15) is 19.7 Å². The van der Waals surface area contributed by atoms with Gasteiger partial charge in [0.2, 0.25) is 12.3 Å². The number of pyridine rings is 1. The SMILES string of the molecule is Br.CCOC(=O)c1ccc[n+](CC(=O)c2ccc(OC)c([N+](=O)[O-])c2)c1.O. The molecular formula is C17H20BrN2O7+. The molecule has 0 saturated carbocycles. The number of nitro benzene ring substituents is 1. The molecule has 0 aliphatic rings. The minimum Gasteiger partial charge on any atom is -0.490 e. The van der Waals surface area contributed by atoms with E-state index in [0.717, 1.165) is 0 Å². The predicted molar refractivity (Wildman–Crippen MR) is 101 cm³/mol. The molecule has 2 rings (SSSR count). The number of aromatic nitrogens is 1. The first-order chi connectivity index (χ1) is 12.0. The van der Waals surface area contributed by atoms with Gasteiger partial charge >= 0.3 is 11.7 Å². The van der Waals surface area contributed by atoms with E-state index in [4.69, 9.17) is 9.47 Å². The standard InChI is InChI=1S/C17H17N2O6.BrH.H2O/c1-3-25-17(21)13-5-4-8-18(10-13)11-15(20)12-6-7-16(24-2)14(9-12)19(22)23;;/h4-10H,3,11H2,1-2H3;1H;1H2/q+1;;. The number of rotatable bonds is 7. The van der Waals surface area contributed by atoms with Crippen LogP contribution in [-0.2, 0) is 11.3 Å². The first kappa shape index (κ1) is 24.1. The maximum atomic E-state index is 12.4. The molecular weight excluding hydrogens is 424 g/mol. The summed E-state index contributed by atoms with van der Waals surface area (Å²) in [6, 6.07) is 7.22. The van der Waals surface area contributed by atoms with Crippen molar-refractivity contribution in [3.63, 3.8) is 0 Å². The average molecular weight is 444 g/mol. The smallest absolute Gasteiger partial charge is 0.344 e. The van der Waals surface area contributed by atoms with Gasteiger partial charge in [0, 0.05) is 17.7 Å². The molecule has 1 heterocycles. The molecule has 0 unspecified atom stereocenters. The van der Waals surface area contributed by atoms with Gasteiger partial charge in [-0.05, 0) is 25.1 Å². The van der Waals surface area contributed by atoms with Crippen LogP contribution in [0.2, 0.25) is 0 Å². The number of ether oxygens (including phenoxy) is 2. The highest BCUT2D eigenvalue weighted by Crippen LogP contribution is 2.27. The lowest BCUT2D eigenvalue weighted by Crippen LogP contribution is -2.38. The molecule has 27 heavy (non-hydrogen) atoms. The van der Waals surface area contributed by atoms with Crippen molar-refractivity contribution in [2.75, 3.05) is 13.7 Å². The number of esters is 1. The number of benzene rings is 1. The number of nitrogens with zero attached hydrogens (tertiary/aromatic N) is 2. The van der Waals surface area contributed by atoms with E-state index in [-0.39, 0.29) is 58.4 Å². The summed E-state index contributed by atoms with van der Waals surface area (Å²) in [5.74, 6) is -0.736. The van der Waals surface area contributed by atoms with Crippen molar-refractivity contribution < 1.29 is 34.0 Å². The molecule has 0 amide bonds. The Hall–Kier alpha value is -2.85. The summed E-state index contributed by atoms with van der Waals surface area (Å²) in [6.45, 7) is 1.88. The molecule has 10 heteroatoms. The summed E-state index contributed by atoms with van der Waals surface area (Å²) >= 11 is 0. The normalized spacial score (nSPS) is 9.41. The fourth-order valence-corrected chi connectivity index (χ4v) is 2.22. The molecule has 0 radical (unpaired) electrons. The highest BCUT2D eigenvalue weighted by Gasteiger charge is 2.21. The van der Waals surface area contributed by atoms with Crippen LogP contribution >= 0.6 is 17.0 Å². The van der Waals surface area contributed by atoms with Crippen LogP contribution in [0.25, 0.3) is 0 Å². The fraction of sp³-hybridized carbons (Fsp3) is 0.235. The molecule has 146 valence electrons. The van der Waals surface area contributed by atoms with Crippen molar-refractivity contribution in [1.29, 1.82) is 0 Å². The number of carbonyl (C=O) groups is 2. The molecule has 2 aromatic rings. The Morgan fingerprint density at radius 3 is 2.52 bits per heavy atom. The zero-order valence-electron chi connectivity index (χ0n) is 14.7. The molecule has 0 bridgehead atoms. The lowest BCUT2D eigenvalue weighted by atomic mass is 10.1. The van der Waals surface area contributed by atoms with Crippen LogP contribution < -0.4 is 9.30 Å².